The van der Waals surface area contributed by atoms with Gasteiger partial charge in [0.2, 0.25) is 0 Å². The maximum Gasteiger partial charge on any atom is 0.306 e. The highest BCUT2D eigenvalue weighted by atomic mass is 16.5. The molecule has 0 rings (SSSR count). The summed E-state index contributed by atoms with van der Waals surface area (Å²) in [6, 6.07) is 1.93. The molecule has 1 unspecified atom stereocenters. The predicted molar refractivity (Wildman–Crippen MR) is 31.4 cm³/mol. The molecule has 50 valence electrons. The fraction of sp³-hybridized carbons (Fsp3) is 0.667. The van der Waals surface area contributed by atoms with Crippen molar-refractivity contribution in [3.63, 3.8) is 0 Å². The first-order valence-electron chi connectivity index (χ1n) is 2.67. The number of ether oxygens (including phenoxy) is 1. The smallest absolute Gasteiger partial charge is 0.306 e. The molecule has 0 amide bonds. The Labute approximate surface area is 54.2 Å². The first kappa shape index (κ1) is 7.96. The van der Waals surface area contributed by atoms with E-state index in [1.165, 1.54) is 7.11 Å². The number of methoxy groups -OCH3 is 1. The third-order valence-corrected chi connectivity index (χ3v) is 0.921. The summed E-state index contributed by atoms with van der Waals surface area (Å²) >= 11 is 0. The Hall–Kier alpha value is -1.04. The Kier molecular flexibility index (Phi) is 3.45. The van der Waals surface area contributed by atoms with Crippen molar-refractivity contribution in [1.82, 2.24) is 0 Å². The number of rotatable bonds is 2. The van der Waals surface area contributed by atoms with Gasteiger partial charge >= 0.3 is 5.97 Å². The van der Waals surface area contributed by atoms with Gasteiger partial charge in [-0.25, -0.2) is 0 Å². The molecule has 0 N–H and O–H groups in total. The molecule has 0 radical (unpaired) electrons. The molecule has 3 heteroatoms. The Morgan fingerprint density at radius 1 is 1.89 bits per heavy atom. The first-order valence-corrected chi connectivity index (χ1v) is 2.67. The van der Waals surface area contributed by atoms with Crippen LogP contribution in [0.25, 0.3) is 0 Å². The Bertz CT molecular complexity index is 136. The van der Waals surface area contributed by atoms with Gasteiger partial charge in [-0.3, -0.25) is 4.79 Å². The molecule has 0 heterocycles. The molecule has 0 aromatic heterocycles. The Morgan fingerprint density at radius 3 is 2.78 bits per heavy atom. The zero-order chi connectivity index (χ0) is 7.28. The molecule has 0 saturated heterocycles. The third kappa shape index (κ3) is 3.53. The van der Waals surface area contributed by atoms with Gasteiger partial charge in [0.15, 0.2) is 0 Å². The Morgan fingerprint density at radius 2 is 2.44 bits per heavy atom. The number of carbonyl (C=O) groups is 1. The molecule has 9 heavy (non-hydrogen) atoms. The summed E-state index contributed by atoms with van der Waals surface area (Å²) in [5, 5.41) is 8.22. The standard InChI is InChI=1S/C6H9NO2/c1-5(4-7)3-6(8)9-2/h5H,3H2,1-2H3. The molecular formula is C6H9NO2. The monoisotopic (exact) mass is 127 g/mol. The molecule has 0 fully saturated rings. The maximum atomic E-state index is 10.4. The normalized spacial score (nSPS) is 11.7. The fourth-order valence-corrected chi connectivity index (χ4v) is 0.379. The van der Waals surface area contributed by atoms with Gasteiger partial charge in [0, 0.05) is 0 Å². The number of nitrogens with zero attached hydrogens (tertiary/aromatic N) is 1. The highest BCUT2D eigenvalue weighted by molar-refractivity contribution is 5.69. The molecule has 0 bridgehead atoms. The average Bonchev–Trinajstić information content (AvgIpc) is 1.87. The molecule has 0 aliphatic carbocycles. The summed E-state index contributed by atoms with van der Waals surface area (Å²) in [4.78, 5) is 10.4. The number of hydrogen-bond donors (Lipinski definition) is 0. The van der Waals surface area contributed by atoms with Crippen molar-refractivity contribution >= 4 is 5.97 Å². The number of esters is 1. The quantitative estimate of drug-likeness (QED) is 0.513. The van der Waals surface area contributed by atoms with E-state index in [1.54, 1.807) is 6.92 Å². The van der Waals surface area contributed by atoms with Crippen LogP contribution >= 0.6 is 0 Å². The second-order valence-electron chi connectivity index (χ2n) is 1.81. The topological polar surface area (TPSA) is 50.1 Å². The van der Waals surface area contributed by atoms with Gasteiger partial charge in [-0.15, -0.1) is 0 Å². The van der Waals surface area contributed by atoms with Gasteiger partial charge in [0.1, 0.15) is 0 Å². The first-order chi connectivity index (χ1) is 4.20. The third-order valence-electron chi connectivity index (χ3n) is 0.921. The van der Waals surface area contributed by atoms with E-state index in [2.05, 4.69) is 4.74 Å². The lowest BCUT2D eigenvalue weighted by molar-refractivity contribution is -0.141. The van der Waals surface area contributed by atoms with Gasteiger partial charge in [0.05, 0.1) is 25.5 Å². The van der Waals surface area contributed by atoms with Gasteiger partial charge < -0.3 is 4.74 Å². The van der Waals surface area contributed by atoms with Crippen molar-refractivity contribution in [2.45, 2.75) is 13.3 Å². The second kappa shape index (κ2) is 3.90. The van der Waals surface area contributed by atoms with Gasteiger partial charge in [-0.05, 0) is 6.92 Å². The highest BCUT2D eigenvalue weighted by Gasteiger charge is 2.06. The summed E-state index contributed by atoms with van der Waals surface area (Å²) in [5.74, 6) is -0.568. The van der Waals surface area contributed by atoms with Gasteiger partial charge in [0.25, 0.3) is 0 Å². The van der Waals surface area contributed by atoms with E-state index in [9.17, 15) is 4.79 Å². The number of hydrogen-bond acceptors (Lipinski definition) is 3. The average molecular weight is 127 g/mol. The summed E-state index contributed by atoms with van der Waals surface area (Å²) < 4.78 is 4.33. The number of carbonyl (C=O) groups excluding carboxylic acids is 1. The lowest BCUT2D eigenvalue weighted by Crippen LogP contribution is -2.04. The van der Waals surface area contributed by atoms with Crippen LogP contribution in [-0.4, -0.2) is 13.1 Å². The summed E-state index contributed by atoms with van der Waals surface area (Å²) in [6.45, 7) is 1.68. The van der Waals surface area contributed by atoms with Gasteiger partial charge in [-0.2, -0.15) is 5.26 Å². The molecule has 0 spiro atoms. The van der Waals surface area contributed by atoms with Crippen LogP contribution in [0.1, 0.15) is 13.3 Å². The highest BCUT2D eigenvalue weighted by Crippen LogP contribution is 1.99. The zero-order valence-electron chi connectivity index (χ0n) is 5.55. The van der Waals surface area contributed by atoms with Crippen molar-refractivity contribution in [2.75, 3.05) is 7.11 Å². The molecule has 1 atom stereocenters. The molecular weight excluding hydrogens is 118 g/mol. The van der Waals surface area contributed by atoms with Crippen LogP contribution in [0.4, 0.5) is 0 Å². The largest absolute Gasteiger partial charge is 0.469 e. The van der Waals surface area contributed by atoms with E-state index in [0.717, 1.165) is 0 Å². The van der Waals surface area contributed by atoms with Crippen LogP contribution in [0, 0.1) is 17.2 Å². The number of nitriles is 1. The minimum absolute atomic E-state index is 0.188. The van der Waals surface area contributed by atoms with E-state index < -0.39 is 0 Å². The van der Waals surface area contributed by atoms with E-state index in [1.807, 2.05) is 6.07 Å². The molecule has 0 aliphatic rings. The van der Waals surface area contributed by atoms with Crippen LogP contribution in [0.15, 0.2) is 0 Å². The van der Waals surface area contributed by atoms with Crippen molar-refractivity contribution in [2.24, 2.45) is 5.92 Å². The van der Waals surface area contributed by atoms with Crippen LogP contribution in [0.2, 0.25) is 0 Å². The minimum atomic E-state index is -0.330. The van der Waals surface area contributed by atoms with Crippen molar-refractivity contribution < 1.29 is 9.53 Å². The minimum Gasteiger partial charge on any atom is -0.469 e. The van der Waals surface area contributed by atoms with E-state index in [0.29, 0.717) is 0 Å². The lowest BCUT2D eigenvalue weighted by atomic mass is 10.1. The summed E-state index contributed by atoms with van der Waals surface area (Å²) in [6.07, 6.45) is 0.188. The van der Waals surface area contributed by atoms with Crippen molar-refractivity contribution in [3.05, 3.63) is 0 Å². The molecule has 0 aliphatic heterocycles. The zero-order valence-corrected chi connectivity index (χ0v) is 5.55. The second-order valence-corrected chi connectivity index (χ2v) is 1.81. The summed E-state index contributed by atoms with van der Waals surface area (Å²) in [5.41, 5.74) is 0. The maximum absolute atomic E-state index is 10.4. The van der Waals surface area contributed by atoms with E-state index >= 15 is 0 Å². The van der Waals surface area contributed by atoms with E-state index in [4.69, 9.17) is 5.26 Å². The summed E-state index contributed by atoms with van der Waals surface area (Å²) in [7, 11) is 1.31. The van der Waals surface area contributed by atoms with E-state index in [-0.39, 0.29) is 18.3 Å². The molecule has 3 nitrogen and oxygen atoms in total. The van der Waals surface area contributed by atoms with Gasteiger partial charge in [-0.1, -0.05) is 0 Å². The van der Waals surface area contributed by atoms with Crippen molar-refractivity contribution in [3.8, 4) is 6.07 Å². The predicted octanol–water partition coefficient (Wildman–Crippen LogP) is 0.709. The van der Waals surface area contributed by atoms with Crippen LogP contribution in [-0.2, 0) is 9.53 Å². The fourth-order valence-electron chi connectivity index (χ4n) is 0.379. The van der Waals surface area contributed by atoms with Crippen LogP contribution in [0.3, 0.4) is 0 Å². The van der Waals surface area contributed by atoms with Crippen LogP contribution < -0.4 is 0 Å². The molecule has 0 aromatic carbocycles. The Balaban J connectivity index is 3.50. The van der Waals surface area contributed by atoms with Crippen molar-refractivity contribution in [1.29, 1.82) is 5.26 Å². The SMILES string of the molecule is COC(=O)CC(C)C#N. The lowest BCUT2D eigenvalue weighted by Gasteiger charge is -1.97. The van der Waals surface area contributed by atoms with Crippen LogP contribution in [0.5, 0.6) is 0 Å². The molecule has 0 aromatic rings. The molecule has 0 saturated carbocycles.